The maximum absolute atomic E-state index is 12.8. The Labute approximate surface area is 159 Å². The molecule has 2 rings (SSSR count). The number of carbonyl (C=O) groups excluding carboxylic acids is 2. The second-order valence-corrected chi connectivity index (χ2v) is 7.06. The molecule has 5 heteroatoms. The van der Waals surface area contributed by atoms with Gasteiger partial charge in [-0.05, 0) is 23.5 Å². The first-order chi connectivity index (χ1) is 12.9. The Kier molecular flexibility index (Phi) is 7.28. The van der Waals surface area contributed by atoms with Crippen LogP contribution in [0.15, 0.2) is 60.7 Å². The molecule has 0 aliphatic carbocycles. The molecule has 0 saturated carbocycles. The highest BCUT2D eigenvalue weighted by molar-refractivity contribution is 5.84. The lowest BCUT2D eigenvalue weighted by molar-refractivity contribution is -0.182. The summed E-state index contributed by atoms with van der Waals surface area (Å²) in [6.07, 6.45) is 0.0125. The molecule has 27 heavy (non-hydrogen) atoms. The van der Waals surface area contributed by atoms with Gasteiger partial charge in [0.2, 0.25) is 0 Å². The van der Waals surface area contributed by atoms with Crippen LogP contribution in [0.2, 0.25) is 0 Å². The van der Waals surface area contributed by atoms with Gasteiger partial charge in [0.1, 0.15) is 6.29 Å². The standard InChI is InChI=1S/C22H26O5/c1-16(2)13-19(14-23)22(26,15-24)21(25)27-20(17-9-5-3-6-10-17)18-11-7-4-8-12-18/h3-12,14,16,19-20,24,26H,13,15H2,1-2H3/t19-,22+/m0/s1. The Morgan fingerprint density at radius 2 is 1.52 bits per heavy atom. The van der Waals surface area contributed by atoms with Crippen molar-refractivity contribution >= 4 is 12.3 Å². The van der Waals surface area contributed by atoms with Crippen LogP contribution in [0.5, 0.6) is 0 Å². The van der Waals surface area contributed by atoms with E-state index >= 15 is 0 Å². The van der Waals surface area contributed by atoms with Gasteiger partial charge >= 0.3 is 5.97 Å². The van der Waals surface area contributed by atoms with Gasteiger partial charge < -0.3 is 19.7 Å². The normalized spacial score (nSPS) is 14.6. The van der Waals surface area contributed by atoms with Gasteiger partial charge in [-0.3, -0.25) is 0 Å². The van der Waals surface area contributed by atoms with Crippen molar-refractivity contribution in [3.63, 3.8) is 0 Å². The summed E-state index contributed by atoms with van der Waals surface area (Å²) in [5, 5.41) is 20.5. The minimum atomic E-state index is -2.28. The van der Waals surface area contributed by atoms with Crippen LogP contribution in [0.3, 0.4) is 0 Å². The molecule has 0 aliphatic heterocycles. The van der Waals surface area contributed by atoms with Gasteiger partial charge in [0.25, 0.3) is 0 Å². The van der Waals surface area contributed by atoms with E-state index in [0.29, 0.717) is 6.29 Å². The summed E-state index contributed by atoms with van der Waals surface area (Å²) in [6, 6.07) is 18.2. The zero-order valence-corrected chi connectivity index (χ0v) is 15.6. The van der Waals surface area contributed by atoms with Crippen LogP contribution in [0, 0.1) is 11.8 Å². The van der Waals surface area contributed by atoms with Crippen molar-refractivity contribution in [2.24, 2.45) is 11.8 Å². The zero-order chi connectivity index (χ0) is 19.9. The second-order valence-electron chi connectivity index (χ2n) is 7.06. The molecule has 2 atom stereocenters. The highest BCUT2D eigenvalue weighted by Crippen LogP contribution is 2.31. The number of hydrogen-bond donors (Lipinski definition) is 2. The average molecular weight is 370 g/mol. The van der Waals surface area contributed by atoms with E-state index in [-0.39, 0.29) is 12.3 Å². The van der Waals surface area contributed by atoms with Crippen LogP contribution >= 0.6 is 0 Å². The maximum atomic E-state index is 12.8. The molecule has 2 aromatic rings. The first-order valence-electron chi connectivity index (χ1n) is 9.01. The molecule has 0 radical (unpaired) electrons. The maximum Gasteiger partial charge on any atom is 0.342 e. The lowest BCUT2D eigenvalue weighted by Crippen LogP contribution is -2.51. The van der Waals surface area contributed by atoms with E-state index in [2.05, 4.69) is 0 Å². The van der Waals surface area contributed by atoms with Crippen molar-refractivity contribution in [1.82, 2.24) is 0 Å². The van der Waals surface area contributed by atoms with Crippen molar-refractivity contribution in [3.8, 4) is 0 Å². The molecule has 0 unspecified atom stereocenters. The summed E-state index contributed by atoms with van der Waals surface area (Å²) in [5.74, 6) is -2.01. The summed E-state index contributed by atoms with van der Waals surface area (Å²) in [6.45, 7) is 2.85. The molecule has 0 amide bonds. The number of hydrogen-bond acceptors (Lipinski definition) is 5. The van der Waals surface area contributed by atoms with Gasteiger partial charge in [0.15, 0.2) is 11.7 Å². The van der Waals surface area contributed by atoms with Gasteiger partial charge in [0, 0.05) is 0 Å². The van der Waals surface area contributed by atoms with Crippen molar-refractivity contribution in [3.05, 3.63) is 71.8 Å². The summed E-state index contributed by atoms with van der Waals surface area (Å²) in [4.78, 5) is 24.3. The first-order valence-corrected chi connectivity index (χ1v) is 9.01. The quantitative estimate of drug-likeness (QED) is 0.524. The van der Waals surface area contributed by atoms with E-state index in [4.69, 9.17) is 4.74 Å². The molecule has 0 aliphatic rings. The number of esters is 1. The van der Waals surface area contributed by atoms with Crippen LogP contribution in [0.25, 0.3) is 0 Å². The molecule has 0 aromatic heterocycles. The Hall–Kier alpha value is -2.50. The third-order valence-electron chi connectivity index (χ3n) is 4.53. The Morgan fingerprint density at radius 3 is 1.89 bits per heavy atom. The monoisotopic (exact) mass is 370 g/mol. The van der Waals surface area contributed by atoms with Crippen LogP contribution < -0.4 is 0 Å². The summed E-state index contributed by atoms with van der Waals surface area (Å²) < 4.78 is 5.64. The molecule has 2 N–H and O–H groups in total. The third-order valence-corrected chi connectivity index (χ3v) is 4.53. The molecule has 5 nitrogen and oxygen atoms in total. The van der Waals surface area contributed by atoms with Gasteiger partial charge in [-0.15, -0.1) is 0 Å². The SMILES string of the molecule is CC(C)C[C@@H](C=O)[C@](O)(CO)C(=O)OC(c1ccccc1)c1ccccc1. The van der Waals surface area contributed by atoms with Crippen LogP contribution in [0.1, 0.15) is 37.5 Å². The van der Waals surface area contributed by atoms with Crippen LogP contribution in [-0.4, -0.2) is 34.7 Å². The molecule has 0 spiro atoms. The largest absolute Gasteiger partial charge is 0.450 e. The van der Waals surface area contributed by atoms with Gasteiger partial charge in [-0.2, -0.15) is 0 Å². The van der Waals surface area contributed by atoms with E-state index in [1.807, 2.05) is 74.5 Å². The van der Waals surface area contributed by atoms with Crippen LogP contribution in [-0.2, 0) is 14.3 Å². The van der Waals surface area contributed by atoms with E-state index in [1.54, 1.807) is 0 Å². The van der Waals surface area contributed by atoms with Gasteiger partial charge in [0.05, 0.1) is 12.5 Å². The fraction of sp³-hybridized carbons (Fsp3) is 0.364. The van der Waals surface area contributed by atoms with Crippen molar-refractivity contribution in [2.75, 3.05) is 6.61 Å². The number of aliphatic hydroxyl groups excluding tert-OH is 1. The molecule has 0 fully saturated rings. The molecular weight excluding hydrogens is 344 g/mol. The fourth-order valence-corrected chi connectivity index (χ4v) is 3.00. The smallest absolute Gasteiger partial charge is 0.342 e. The predicted molar refractivity (Wildman–Crippen MR) is 102 cm³/mol. The number of carbonyl (C=O) groups is 2. The highest BCUT2D eigenvalue weighted by Gasteiger charge is 2.46. The number of aldehydes is 1. The topological polar surface area (TPSA) is 83.8 Å². The number of benzene rings is 2. The lowest BCUT2D eigenvalue weighted by atomic mass is 9.83. The fourth-order valence-electron chi connectivity index (χ4n) is 3.00. The van der Waals surface area contributed by atoms with Crippen LogP contribution in [0.4, 0.5) is 0 Å². The van der Waals surface area contributed by atoms with E-state index in [0.717, 1.165) is 11.1 Å². The number of rotatable bonds is 9. The van der Waals surface area contributed by atoms with Crippen molar-refractivity contribution in [2.45, 2.75) is 32.0 Å². The summed E-state index contributed by atoms with van der Waals surface area (Å²) >= 11 is 0. The average Bonchev–Trinajstić information content (AvgIpc) is 2.70. The second kappa shape index (κ2) is 9.44. The molecule has 0 bridgehead atoms. The third kappa shape index (κ3) is 5.02. The number of aliphatic hydroxyl groups is 2. The minimum absolute atomic E-state index is 0.0603. The predicted octanol–water partition coefficient (Wildman–Crippen LogP) is 2.90. The van der Waals surface area contributed by atoms with E-state index in [1.165, 1.54) is 0 Å². The molecule has 0 heterocycles. The Balaban J connectivity index is 2.35. The molecular formula is C22H26O5. The zero-order valence-electron chi connectivity index (χ0n) is 15.6. The Bertz CT molecular complexity index is 689. The molecule has 2 aromatic carbocycles. The van der Waals surface area contributed by atoms with Gasteiger partial charge in [-0.25, -0.2) is 4.79 Å². The van der Waals surface area contributed by atoms with Gasteiger partial charge in [-0.1, -0.05) is 74.5 Å². The first kappa shape index (κ1) is 20.8. The molecule has 0 saturated heterocycles. The summed E-state index contributed by atoms with van der Waals surface area (Å²) in [5.41, 5.74) is -0.832. The van der Waals surface area contributed by atoms with E-state index in [9.17, 15) is 19.8 Å². The van der Waals surface area contributed by atoms with Crippen molar-refractivity contribution in [1.29, 1.82) is 0 Å². The van der Waals surface area contributed by atoms with E-state index < -0.39 is 30.2 Å². The molecule has 144 valence electrons. The lowest BCUT2D eigenvalue weighted by Gasteiger charge is -2.32. The Morgan fingerprint density at radius 1 is 1.04 bits per heavy atom. The summed E-state index contributed by atoms with van der Waals surface area (Å²) in [7, 11) is 0. The highest BCUT2D eigenvalue weighted by atomic mass is 16.6. The number of ether oxygens (including phenoxy) is 1. The minimum Gasteiger partial charge on any atom is -0.450 e. The van der Waals surface area contributed by atoms with Crippen molar-refractivity contribution < 1.29 is 24.5 Å².